The average molecular weight is 282 g/mol. The Bertz CT molecular complexity index is 543. The van der Waals surface area contributed by atoms with Crippen molar-refractivity contribution in [2.45, 2.75) is 6.54 Å². The summed E-state index contributed by atoms with van der Waals surface area (Å²) in [6.07, 6.45) is 0. The second-order valence-corrected chi connectivity index (χ2v) is 4.93. The van der Waals surface area contributed by atoms with E-state index >= 15 is 0 Å². The number of benzene rings is 2. The summed E-state index contributed by atoms with van der Waals surface area (Å²) in [4.78, 5) is 2.02. The van der Waals surface area contributed by atoms with Crippen LogP contribution in [0, 0.1) is 0 Å². The molecule has 0 atom stereocenters. The first kappa shape index (κ1) is 13.1. The molecule has 0 aliphatic carbocycles. The van der Waals surface area contributed by atoms with Crippen molar-refractivity contribution < 1.29 is 5.11 Å². The summed E-state index contributed by atoms with van der Waals surface area (Å²) in [5.41, 5.74) is 1.77. The Labute approximate surface area is 116 Å². The van der Waals surface area contributed by atoms with E-state index in [9.17, 15) is 5.11 Å². The lowest BCUT2D eigenvalue weighted by atomic mass is 10.2. The highest BCUT2D eigenvalue weighted by Crippen LogP contribution is 2.32. The molecule has 94 valence electrons. The van der Waals surface area contributed by atoms with Crippen LogP contribution in [0.5, 0.6) is 5.75 Å². The summed E-state index contributed by atoms with van der Waals surface area (Å²) < 4.78 is 0. The van der Waals surface area contributed by atoms with E-state index in [4.69, 9.17) is 23.2 Å². The second-order valence-electron chi connectivity index (χ2n) is 4.09. The van der Waals surface area contributed by atoms with Gasteiger partial charge in [0.25, 0.3) is 0 Å². The Morgan fingerprint density at radius 2 is 1.78 bits per heavy atom. The number of para-hydroxylation sites is 1. The number of rotatable bonds is 3. The zero-order chi connectivity index (χ0) is 13.1. The third kappa shape index (κ3) is 2.89. The molecule has 4 heteroatoms. The van der Waals surface area contributed by atoms with E-state index in [1.54, 1.807) is 6.07 Å². The minimum absolute atomic E-state index is 0.0869. The van der Waals surface area contributed by atoms with E-state index < -0.39 is 0 Å². The molecule has 0 heterocycles. The molecule has 2 aromatic rings. The van der Waals surface area contributed by atoms with E-state index in [-0.39, 0.29) is 10.8 Å². The summed E-state index contributed by atoms with van der Waals surface area (Å²) >= 11 is 11.8. The van der Waals surface area contributed by atoms with Crippen molar-refractivity contribution in [1.29, 1.82) is 0 Å². The van der Waals surface area contributed by atoms with Crippen molar-refractivity contribution in [2.75, 3.05) is 11.9 Å². The van der Waals surface area contributed by atoms with Gasteiger partial charge in [-0.05, 0) is 24.3 Å². The van der Waals surface area contributed by atoms with E-state index in [2.05, 4.69) is 0 Å². The Morgan fingerprint density at radius 3 is 2.44 bits per heavy atom. The van der Waals surface area contributed by atoms with Crippen LogP contribution in [-0.4, -0.2) is 12.2 Å². The minimum atomic E-state index is 0.0869. The fourth-order valence-electron chi connectivity index (χ4n) is 1.77. The largest absolute Gasteiger partial charge is 0.506 e. The smallest absolute Gasteiger partial charge is 0.139 e. The lowest BCUT2D eigenvalue weighted by Gasteiger charge is -2.20. The first-order chi connectivity index (χ1) is 8.58. The van der Waals surface area contributed by atoms with Crippen LogP contribution in [0.25, 0.3) is 0 Å². The van der Waals surface area contributed by atoms with Crippen molar-refractivity contribution in [2.24, 2.45) is 0 Å². The Morgan fingerprint density at radius 1 is 1.11 bits per heavy atom. The molecule has 0 saturated carbocycles. The van der Waals surface area contributed by atoms with Gasteiger partial charge in [0.1, 0.15) is 5.75 Å². The summed E-state index contributed by atoms with van der Waals surface area (Å²) in [5, 5.41) is 10.7. The first-order valence-electron chi connectivity index (χ1n) is 5.51. The number of hydrogen-bond donors (Lipinski definition) is 1. The second kappa shape index (κ2) is 5.51. The molecule has 1 N–H and O–H groups in total. The number of phenols is 1. The number of nitrogens with zero attached hydrogens (tertiary/aromatic N) is 1. The van der Waals surface area contributed by atoms with Crippen molar-refractivity contribution in [3.05, 3.63) is 58.1 Å². The first-order valence-corrected chi connectivity index (χ1v) is 6.26. The maximum absolute atomic E-state index is 9.90. The van der Waals surface area contributed by atoms with Crippen LogP contribution in [0.15, 0.2) is 42.5 Å². The molecular weight excluding hydrogens is 269 g/mol. The summed E-state index contributed by atoms with van der Waals surface area (Å²) in [6, 6.07) is 13.2. The molecule has 0 unspecified atom stereocenters. The van der Waals surface area contributed by atoms with E-state index in [1.807, 2.05) is 42.3 Å². The monoisotopic (exact) mass is 281 g/mol. The normalized spacial score (nSPS) is 10.4. The molecule has 2 aromatic carbocycles. The van der Waals surface area contributed by atoms with Gasteiger partial charge in [0, 0.05) is 29.9 Å². The molecule has 0 aromatic heterocycles. The summed E-state index contributed by atoms with van der Waals surface area (Å²) in [6.45, 7) is 0.538. The molecule has 0 amide bonds. The predicted molar refractivity (Wildman–Crippen MR) is 76.7 cm³/mol. The lowest BCUT2D eigenvalue weighted by Crippen LogP contribution is -2.16. The van der Waals surface area contributed by atoms with Crippen molar-refractivity contribution in [1.82, 2.24) is 0 Å². The van der Waals surface area contributed by atoms with Crippen LogP contribution in [0.2, 0.25) is 10.0 Å². The number of halogens is 2. The molecule has 2 nitrogen and oxygen atoms in total. The van der Waals surface area contributed by atoms with Crippen molar-refractivity contribution in [3.8, 4) is 5.75 Å². The van der Waals surface area contributed by atoms with Crippen LogP contribution in [0.4, 0.5) is 5.69 Å². The highest BCUT2D eigenvalue weighted by atomic mass is 35.5. The fraction of sp³-hybridized carbons (Fsp3) is 0.143. The maximum Gasteiger partial charge on any atom is 0.139 e. The highest BCUT2D eigenvalue weighted by Gasteiger charge is 2.10. The van der Waals surface area contributed by atoms with E-state index in [1.165, 1.54) is 6.07 Å². The third-order valence-electron chi connectivity index (χ3n) is 2.71. The zero-order valence-corrected chi connectivity index (χ0v) is 11.4. The molecule has 2 rings (SSSR count). The quantitative estimate of drug-likeness (QED) is 0.905. The van der Waals surface area contributed by atoms with Crippen molar-refractivity contribution >= 4 is 28.9 Å². The molecular formula is C14H13Cl2NO. The van der Waals surface area contributed by atoms with E-state index in [0.717, 1.165) is 5.69 Å². The minimum Gasteiger partial charge on any atom is -0.506 e. The van der Waals surface area contributed by atoms with Gasteiger partial charge >= 0.3 is 0 Å². The summed E-state index contributed by atoms with van der Waals surface area (Å²) in [5.74, 6) is 0.0869. The Kier molecular flexibility index (Phi) is 4.00. The molecule has 0 fully saturated rings. The maximum atomic E-state index is 9.90. The highest BCUT2D eigenvalue weighted by molar-refractivity contribution is 6.35. The number of anilines is 1. The molecule has 0 aliphatic heterocycles. The predicted octanol–water partition coefficient (Wildman–Crippen LogP) is 4.34. The van der Waals surface area contributed by atoms with Gasteiger partial charge in [-0.25, -0.2) is 0 Å². The zero-order valence-electron chi connectivity index (χ0n) is 9.90. The van der Waals surface area contributed by atoms with Gasteiger partial charge in [0.2, 0.25) is 0 Å². The van der Waals surface area contributed by atoms with Gasteiger partial charge in [-0.1, -0.05) is 41.4 Å². The molecule has 0 spiro atoms. The van der Waals surface area contributed by atoms with Gasteiger partial charge in [-0.3, -0.25) is 0 Å². The van der Waals surface area contributed by atoms with E-state index in [0.29, 0.717) is 17.1 Å². The van der Waals surface area contributed by atoms with Crippen LogP contribution in [0.1, 0.15) is 5.56 Å². The molecule has 0 bridgehead atoms. The van der Waals surface area contributed by atoms with Gasteiger partial charge in [-0.2, -0.15) is 0 Å². The van der Waals surface area contributed by atoms with Gasteiger partial charge < -0.3 is 10.0 Å². The molecule has 0 saturated heterocycles. The molecule has 0 aliphatic rings. The van der Waals surface area contributed by atoms with Gasteiger partial charge in [-0.15, -0.1) is 0 Å². The standard InChI is InChI=1S/C14H13Cl2NO/c1-17(12-5-3-2-4-6-12)9-10-7-11(15)8-13(16)14(10)18/h2-8,18H,9H2,1H3. The number of aromatic hydroxyl groups is 1. The van der Waals surface area contributed by atoms with Crippen LogP contribution < -0.4 is 4.90 Å². The van der Waals surface area contributed by atoms with Crippen LogP contribution in [0.3, 0.4) is 0 Å². The Hall–Kier alpha value is -1.38. The van der Waals surface area contributed by atoms with Gasteiger partial charge in [0.15, 0.2) is 0 Å². The third-order valence-corrected chi connectivity index (χ3v) is 3.22. The van der Waals surface area contributed by atoms with Crippen molar-refractivity contribution in [3.63, 3.8) is 0 Å². The average Bonchev–Trinajstić information content (AvgIpc) is 2.36. The molecule has 18 heavy (non-hydrogen) atoms. The number of phenolic OH excluding ortho intramolecular Hbond substituents is 1. The van der Waals surface area contributed by atoms with Crippen LogP contribution >= 0.6 is 23.2 Å². The number of hydrogen-bond acceptors (Lipinski definition) is 2. The Balaban J connectivity index is 2.24. The van der Waals surface area contributed by atoms with Crippen LogP contribution in [-0.2, 0) is 6.54 Å². The van der Waals surface area contributed by atoms with Gasteiger partial charge in [0.05, 0.1) is 5.02 Å². The SMILES string of the molecule is CN(Cc1cc(Cl)cc(Cl)c1O)c1ccccc1. The lowest BCUT2D eigenvalue weighted by molar-refractivity contribution is 0.468. The topological polar surface area (TPSA) is 23.5 Å². The molecule has 0 radical (unpaired) electrons. The fourth-order valence-corrected chi connectivity index (χ4v) is 2.30. The summed E-state index contributed by atoms with van der Waals surface area (Å²) in [7, 11) is 1.95.